The van der Waals surface area contributed by atoms with Crippen LogP contribution >= 0.6 is 0 Å². The van der Waals surface area contributed by atoms with E-state index in [0.29, 0.717) is 0 Å². The molecule has 0 heterocycles. The first-order valence-corrected chi connectivity index (χ1v) is 3.58. The lowest BCUT2D eigenvalue weighted by atomic mass is 9.93. The monoisotopic (exact) mass is 145 g/mol. The topological polar surface area (TPSA) is 12.4 Å². The Hall–Kier alpha value is -1.29. The predicted molar refractivity (Wildman–Crippen MR) is 48.6 cm³/mol. The van der Waals surface area contributed by atoms with E-state index in [2.05, 4.69) is 10.9 Å². The van der Waals surface area contributed by atoms with Crippen molar-refractivity contribution in [3.63, 3.8) is 0 Å². The minimum Gasteiger partial charge on any atom is -0.291 e. The molecule has 0 N–H and O–H groups in total. The second-order valence-corrected chi connectivity index (χ2v) is 2.49. The van der Waals surface area contributed by atoms with E-state index in [4.69, 9.17) is 6.42 Å². The lowest BCUT2D eigenvalue weighted by Gasteiger charge is -2.13. The zero-order valence-corrected chi connectivity index (χ0v) is 6.83. The molecule has 11 heavy (non-hydrogen) atoms. The Balaban J connectivity index is 3.00. The zero-order chi connectivity index (χ0) is 8.27. The summed E-state index contributed by atoms with van der Waals surface area (Å²) in [6.07, 6.45) is 11.3. The fraction of sp³-hybridized carbons (Fsp3) is 0.300. The Labute approximate surface area is 67.5 Å². The van der Waals surface area contributed by atoms with Gasteiger partial charge in [0.1, 0.15) is 0 Å². The summed E-state index contributed by atoms with van der Waals surface area (Å²) >= 11 is 0. The van der Waals surface area contributed by atoms with Crippen LogP contribution in [0.25, 0.3) is 0 Å². The molecule has 1 nitrogen and oxygen atoms in total. The number of allylic oxidation sites excluding steroid dienone is 4. The molecule has 0 aromatic heterocycles. The number of hydrogen-bond acceptors (Lipinski definition) is 1. The average molecular weight is 145 g/mol. The maximum absolute atomic E-state index is 5.32. The highest BCUT2D eigenvalue weighted by atomic mass is 14.7. The minimum absolute atomic E-state index is 0.0741. The molecule has 1 aliphatic carbocycles. The van der Waals surface area contributed by atoms with Gasteiger partial charge in [0.05, 0.1) is 11.6 Å². The Morgan fingerprint density at radius 2 is 2.36 bits per heavy atom. The molecule has 0 radical (unpaired) electrons. The third-order valence-corrected chi connectivity index (χ3v) is 1.77. The molecule has 1 aliphatic rings. The molecule has 0 saturated carbocycles. The van der Waals surface area contributed by atoms with E-state index in [1.165, 1.54) is 0 Å². The number of terminal acetylenes is 1. The van der Waals surface area contributed by atoms with E-state index in [0.717, 1.165) is 11.3 Å². The van der Waals surface area contributed by atoms with Crippen LogP contribution in [0.1, 0.15) is 6.92 Å². The van der Waals surface area contributed by atoms with Crippen LogP contribution in [0.2, 0.25) is 0 Å². The predicted octanol–water partition coefficient (Wildman–Crippen LogP) is 1.82. The molecule has 0 fully saturated rings. The number of aliphatic imine (C=N–C) groups is 1. The molecule has 1 unspecified atom stereocenters. The number of hydrogen-bond donors (Lipinski definition) is 0. The van der Waals surface area contributed by atoms with Crippen molar-refractivity contribution in [3.05, 3.63) is 23.8 Å². The second kappa shape index (κ2) is 3.21. The zero-order valence-electron chi connectivity index (χ0n) is 6.83. The summed E-state index contributed by atoms with van der Waals surface area (Å²) in [7, 11) is 1.77. The number of nitrogens with zero attached hydrogens (tertiary/aromatic N) is 1. The minimum atomic E-state index is 0.0741. The average Bonchev–Trinajstić information content (AvgIpc) is 2.04. The first-order valence-electron chi connectivity index (χ1n) is 3.58. The summed E-state index contributed by atoms with van der Waals surface area (Å²) in [5.74, 6) is 2.75. The number of rotatable bonds is 0. The van der Waals surface area contributed by atoms with E-state index in [9.17, 15) is 0 Å². The van der Waals surface area contributed by atoms with Crippen molar-refractivity contribution in [2.45, 2.75) is 6.92 Å². The quantitative estimate of drug-likeness (QED) is 0.461. The molecule has 0 amide bonds. The smallest absolute Gasteiger partial charge is 0.0803 e. The highest BCUT2D eigenvalue weighted by Gasteiger charge is 2.12. The van der Waals surface area contributed by atoms with E-state index < -0.39 is 0 Å². The molecule has 1 atom stereocenters. The van der Waals surface area contributed by atoms with Crippen molar-refractivity contribution in [2.24, 2.45) is 10.9 Å². The van der Waals surface area contributed by atoms with Crippen LogP contribution < -0.4 is 0 Å². The highest BCUT2D eigenvalue weighted by molar-refractivity contribution is 6.05. The first-order chi connectivity index (χ1) is 5.29. The molecule has 56 valence electrons. The van der Waals surface area contributed by atoms with Crippen molar-refractivity contribution in [1.29, 1.82) is 0 Å². The van der Waals surface area contributed by atoms with Crippen LogP contribution in [-0.2, 0) is 0 Å². The van der Waals surface area contributed by atoms with E-state index in [1.54, 1.807) is 7.05 Å². The van der Waals surface area contributed by atoms with Crippen LogP contribution in [0, 0.1) is 18.3 Å². The van der Waals surface area contributed by atoms with Crippen molar-refractivity contribution < 1.29 is 0 Å². The van der Waals surface area contributed by atoms with Gasteiger partial charge in [0.25, 0.3) is 0 Å². The van der Waals surface area contributed by atoms with Crippen molar-refractivity contribution in [3.8, 4) is 12.3 Å². The molecule has 1 heteroatoms. The van der Waals surface area contributed by atoms with E-state index >= 15 is 0 Å². The van der Waals surface area contributed by atoms with Gasteiger partial charge in [0.2, 0.25) is 0 Å². The largest absolute Gasteiger partial charge is 0.291 e. The van der Waals surface area contributed by atoms with Gasteiger partial charge < -0.3 is 0 Å². The molecule has 0 aromatic rings. The summed E-state index contributed by atoms with van der Waals surface area (Å²) in [4.78, 5) is 4.14. The summed E-state index contributed by atoms with van der Waals surface area (Å²) in [5, 5.41) is 0. The van der Waals surface area contributed by atoms with Crippen LogP contribution in [0.5, 0.6) is 0 Å². The molecule has 0 aliphatic heterocycles. The van der Waals surface area contributed by atoms with Gasteiger partial charge in [0.15, 0.2) is 0 Å². The maximum Gasteiger partial charge on any atom is 0.0803 e. The van der Waals surface area contributed by atoms with E-state index in [1.807, 2.05) is 25.2 Å². The molecular weight excluding hydrogens is 134 g/mol. The third-order valence-electron chi connectivity index (χ3n) is 1.77. The maximum atomic E-state index is 5.32. The molecule has 0 spiro atoms. The SMILES string of the molecule is C#CC1C=CC=C(C)C1=NC. The Kier molecular flexibility index (Phi) is 2.28. The van der Waals surface area contributed by atoms with Crippen LogP contribution in [-0.4, -0.2) is 12.8 Å². The third kappa shape index (κ3) is 1.40. The van der Waals surface area contributed by atoms with Gasteiger partial charge in [-0.05, 0) is 12.5 Å². The molecule has 0 aromatic carbocycles. The van der Waals surface area contributed by atoms with Gasteiger partial charge in [-0.2, -0.15) is 0 Å². The van der Waals surface area contributed by atoms with Gasteiger partial charge >= 0.3 is 0 Å². The van der Waals surface area contributed by atoms with Gasteiger partial charge in [-0.25, -0.2) is 0 Å². The standard InChI is InChI=1S/C10H11N/c1-4-9-7-5-6-8(2)10(9)11-3/h1,5-7,9H,2-3H3. The molecule has 0 bridgehead atoms. The van der Waals surface area contributed by atoms with Crippen molar-refractivity contribution in [1.82, 2.24) is 0 Å². The van der Waals surface area contributed by atoms with Crippen molar-refractivity contribution in [2.75, 3.05) is 7.05 Å². The Morgan fingerprint density at radius 1 is 1.64 bits per heavy atom. The van der Waals surface area contributed by atoms with Gasteiger partial charge in [-0.1, -0.05) is 24.1 Å². The Bertz CT molecular complexity index is 274. The molecular formula is C10H11N. The van der Waals surface area contributed by atoms with Crippen molar-refractivity contribution >= 4 is 5.71 Å². The molecule has 0 saturated heterocycles. The first kappa shape index (κ1) is 7.81. The molecule has 1 rings (SSSR count). The van der Waals surface area contributed by atoms with Crippen LogP contribution in [0.4, 0.5) is 0 Å². The summed E-state index contributed by atoms with van der Waals surface area (Å²) in [6.45, 7) is 2.02. The van der Waals surface area contributed by atoms with Gasteiger partial charge in [0, 0.05) is 7.05 Å². The van der Waals surface area contributed by atoms with Gasteiger partial charge in [-0.3, -0.25) is 4.99 Å². The van der Waals surface area contributed by atoms with Gasteiger partial charge in [-0.15, -0.1) is 6.42 Å². The lowest BCUT2D eigenvalue weighted by Crippen LogP contribution is -2.14. The summed E-state index contributed by atoms with van der Waals surface area (Å²) < 4.78 is 0. The second-order valence-electron chi connectivity index (χ2n) is 2.49. The van der Waals surface area contributed by atoms with E-state index in [-0.39, 0.29) is 5.92 Å². The lowest BCUT2D eigenvalue weighted by molar-refractivity contribution is 1.14. The summed E-state index contributed by atoms with van der Waals surface area (Å²) in [5.41, 5.74) is 2.17. The van der Waals surface area contributed by atoms with Crippen LogP contribution in [0.3, 0.4) is 0 Å². The fourth-order valence-corrected chi connectivity index (χ4v) is 1.18. The fourth-order valence-electron chi connectivity index (χ4n) is 1.18. The summed E-state index contributed by atoms with van der Waals surface area (Å²) in [6, 6.07) is 0. The highest BCUT2D eigenvalue weighted by Crippen LogP contribution is 2.14. The normalized spacial score (nSPS) is 26.5. The van der Waals surface area contributed by atoms with Crippen LogP contribution in [0.15, 0.2) is 28.8 Å². The Morgan fingerprint density at radius 3 is 2.82 bits per heavy atom.